The van der Waals surface area contributed by atoms with Crippen LogP contribution in [0.25, 0.3) is 0 Å². The lowest BCUT2D eigenvalue weighted by Crippen LogP contribution is -2.16. The van der Waals surface area contributed by atoms with E-state index in [0.29, 0.717) is 4.67 Å². The lowest BCUT2D eigenvalue weighted by molar-refractivity contribution is 0.0926. The molecule has 5 nitrogen and oxygen atoms in total. The maximum absolute atomic E-state index is 11.5. The molecule has 2 rings (SSSR count). The lowest BCUT2D eigenvalue weighted by Gasteiger charge is -1.95. The third kappa shape index (κ3) is 3.25. The molecule has 0 saturated carbocycles. The monoisotopic (exact) mass is 293 g/mol. The van der Waals surface area contributed by atoms with E-state index in [0.717, 1.165) is 5.56 Å². The van der Waals surface area contributed by atoms with Crippen LogP contribution in [0.2, 0.25) is 0 Å². The number of amides is 1. The molecule has 0 saturated heterocycles. The molecule has 1 amide bonds. The first kappa shape index (κ1) is 11.5. The van der Waals surface area contributed by atoms with Gasteiger partial charge in [0.15, 0.2) is 10.4 Å². The summed E-state index contributed by atoms with van der Waals surface area (Å²) in [5.74, 6) is -0.204. The molecule has 0 aromatic carbocycles. The fourth-order valence-corrected chi connectivity index (χ4v) is 1.41. The Bertz CT molecular complexity index is 537. The first-order valence-corrected chi connectivity index (χ1v) is 5.54. The number of carbonyl (C=O) groups excluding carboxylic acids is 1. The molecule has 2 heterocycles. The van der Waals surface area contributed by atoms with Crippen LogP contribution in [0, 0.1) is 0 Å². The second kappa shape index (κ2) is 5.40. The molecule has 6 heteroatoms. The van der Waals surface area contributed by atoms with Gasteiger partial charge in [0, 0.05) is 12.4 Å². The molecule has 0 radical (unpaired) electrons. The highest BCUT2D eigenvalue weighted by Crippen LogP contribution is 2.13. The van der Waals surface area contributed by atoms with Crippen LogP contribution in [-0.2, 0) is 0 Å². The number of carbonyl (C=O) groups is 1. The van der Waals surface area contributed by atoms with E-state index >= 15 is 0 Å². The number of nitrogens with zero attached hydrogens (tertiary/aromatic N) is 2. The van der Waals surface area contributed by atoms with E-state index in [1.165, 1.54) is 6.21 Å². The highest BCUT2D eigenvalue weighted by molar-refractivity contribution is 9.10. The Morgan fingerprint density at radius 3 is 2.76 bits per heavy atom. The smallest absolute Gasteiger partial charge is 0.307 e. The summed E-state index contributed by atoms with van der Waals surface area (Å²) in [6.07, 6.45) is 4.82. The summed E-state index contributed by atoms with van der Waals surface area (Å²) in [6, 6.07) is 6.75. The predicted octanol–water partition coefficient (Wildman–Crippen LogP) is 2.20. The molecule has 0 aliphatic carbocycles. The summed E-state index contributed by atoms with van der Waals surface area (Å²) in [7, 11) is 0. The van der Waals surface area contributed by atoms with Crippen molar-refractivity contribution in [3.05, 3.63) is 52.7 Å². The number of hydrogen-bond acceptors (Lipinski definition) is 4. The molecule has 0 unspecified atom stereocenters. The Kier molecular flexibility index (Phi) is 3.66. The van der Waals surface area contributed by atoms with Gasteiger partial charge in [-0.1, -0.05) is 0 Å². The van der Waals surface area contributed by atoms with Crippen LogP contribution < -0.4 is 5.43 Å². The SMILES string of the molecule is O=C(N/N=C\c1ccncc1)c1ccc(Br)o1. The van der Waals surface area contributed by atoms with Crippen molar-refractivity contribution >= 4 is 28.1 Å². The highest BCUT2D eigenvalue weighted by atomic mass is 79.9. The zero-order chi connectivity index (χ0) is 12.1. The molecule has 0 spiro atoms. The number of nitrogens with one attached hydrogen (secondary N) is 1. The largest absolute Gasteiger partial charge is 0.444 e. The van der Waals surface area contributed by atoms with Crippen molar-refractivity contribution in [3.63, 3.8) is 0 Å². The van der Waals surface area contributed by atoms with Crippen LogP contribution >= 0.6 is 15.9 Å². The lowest BCUT2D eigenvalue weighted by atomic mass is 10.3. The van der Waals surface area contributed by atoms with Gasteiger partial charge in [0.05, 0.1) is 6.21 Å². The Balaban J connectivity index is 1.95. The summed E-state index contributed by atoms with van der Waals surface area (Å²) < 4.78 is 5.57. The average molecular weight is 294 g/mol. The third-order valence-electron chi connectivity index (χ3n) is 1.88. The molecule has 0 atom stereocenters. The first-order chi connectivity index (χ1) is 8.25. The summed E-state index contributed by atoms with van der Waals surface area (Å²) in [5, 5.41) is 3.80. The standard InChI is InChI=1S/C11H8BrN3O2/c12-10-2-1-9(17-10)11(16)15-14-7-8-3-5-13-6-4-8/h1-7H,(H,15,16)/b14-7-. The summed E-state index contributed by atoms with van der Waals surface area (Å²) >= 11 is 3.11. The predicted molar refractivity (Wildman–Crippen MR) is 65.7 cm³/mol. The molecule has 0 aliphatic heterocycles. The quantitative estimate of drug-likeness (QED) is 0.697. The van der Waals surface area contributed by atoms with E-state index in [4.69, 9.17) is 4.42 Å². The van der Waals surface area contributed by atoms with Crippen molar-refractivity contribution in [2.24, 2.45) is 5.10 Å². The molecule has 86 valence electrons. The van der Waals surface area contributed by atoms with E-state index < -0.39 is 5.91 Å². The molecule has 2 aromatic heterocycles. The Labute approximate surface area is 106 Å². The van der Waals surface area contributed by atoms with Crippen LogP contribution in [0.1, 0.15) is 16.1 Å². The molecule has 1 N–H and O–H groups in total. The number of furan rings is 1. The minimum Gasteiger partial charge on any atom is -0.444 e. The van der Waals surface area contributed by atoms with Gasteiger partial charge in [-0.2, -0.15) is 5.10 Å². The van der Waals surface area contributed by atoms with Crippen LogP contribution in [0.5, 0.6) is 0 Å². The second-order valence-electron chi connectivity index (χ2n) is 3.08. The topological polar surface area (TPSA) is 67.5 Å². The molecule has 17 heavy (non-hydrogen) atoms. The molecule has 0 bridgehead atoms. The minimum absolute atomic E-state index is 0.198. The van der Waals surface area contributed by atoms with Gasteiger partial charge in [-0.3, -0.25) is 9.78 Å². The van der Waals surface area contributed by atoms with Gasteiger partial charge >= 0.3 is 5.91 Å². The maximum atomic E-state index is 11.5. The molecular weight excluding hydrogens is 286 g/mol. The van der Waals surface area contributed by atoms with E-state index in [2.05, 4.69) is 31.4 Å². The van der Waals surface area contributed by atoms with Crippen molar-refractivity contribution in [1.82, 2.24) is 10.4 Å². The number of rotatable bonds is 3. The second-order valence-corrected chi connectivity index (χ2v) is 3.87. The minimum atomic E-state index is -0.402. The number of aromatic nitrogens is 1. The van der Waals surface area contributed by atoms with Crippen molar-refractivity contribution < 1.29 is 9.21 Å². The zero-order valence-corrected chi connectivity index (χ0v) is 10.2. The van der Waals surface area contributed by atoms with Gasteiger partial charge in [-0.25, -0.2) is 5.43 Å². The maximum Gasteiger partial charge on any atom is 0.307 e. The molecule has 2 aromatic rings. The van der Waals surface area contributed by atoms with Crippen molar-refractivity contribution in [2.45, 2.75) is 0 Å². The summed E-state index contributed by atoms with van der Waals surface area (Å²) in [5.41, 5.74) is 3.20. The number of halogens is 1. The normalized spacial score (nSPS) is 10.6. The van der Waals surface area contributed by atoms with Crippen LogP contribution in [0.3, 0.4) is 0 Å². The summed E-state index contributed by atoms with van der Waals surface area (Å²) in [4.78, 5) is 15.4. The first-order valence-electron chi connectivity index (χ1n) is 4.74. The fourth-order valence-electron chi connectivity index (χ4n) is 1.11. The highest BCUT2D eigenvalue weighted by Gasteiger charge is 2.08. The van der Waals surface area contributed by atoms with Gasteiger partial charge in [-0.15, -0.1) is 0 Å². The zero-order valence-electron chi connectivity index (χ0n) is 8.63. The Morgan fingerprint density at radius 1 is 1.35 bits per heavy atom. The van der Waals surface area contributed by atoms with E-state index in [1.807, 2.05) is 0 Å². The van der Waals surface area contributed by atoms with Crippen LogP contribution in [0.15, 0.2) is 50.8 Å². The average Bonchev–Trinajstić information content (AvgIpc) is 2.77. The third-order valence-corrected chi connectivity index (χ3v) is 2.31. The summed E-state index contributed by atoms with van der Waals surface area (Å²) in [6.45, 7) is 0. The molecule has 0 aliphatic rings. The van der Waals surface area contributed by atoms with Gasteiger partial charge in [0.1, 0.15) is 0 Å². The van der Waals surface area contributed by atoms with Crippen molar-refractivity contribution in [3.8, 4) is 0 Å². The van der Waals surface area contributed by atoms with Crippen molar-refractivity contribution in [2.75, 3.05) is 0 Å². The van der Waals surface area contributed by atoms with Gasteiger partial charge in [-0.05, 0) is 45.8 Å². The van der Waals surface area contributed by atoms with E-state index in [1.54, 1.807) is 36.7 Å². The fraction of sp³-hybridized carbons (Fsp3) is 0. The number of pyridine rings is 1. The van der Waals surface area contributed by atoms with E-state index in [9.17, 15) is 4.79 Å². The Hall–Kier alpha value is -1.95. The van der Waals surface area contributed by atoms with Crippen LogP contribution in [-0.4, -0.2) is 17.1 Å². The van der Waals surface area contributed by atoms with E-state index in [-0.39, 0.29) is 5.76 Å². The number of hydrazone groups is 1. The van der Waals surface area contributed by atoms with Gasteiger partial charge in [0.2, 0.25) is 0 Å². The Morgan fingerprint density at radius 2 is 2.12 bits per heavy atom. The number of hydrogen-bond donors (Lipinski definition) is 1. The molecule has 0 fully saturated rings. The van der Waals surface area contributed by atoms with Crippen molar-refractivity contribution in [1.29, 1.82) is 0 Å². The van der Waals surface area contributed by atoms with Gasteiger partial charge in [0.25, 0.3) is 0 Å². The van der Waals surface area contributed by atoms with Crippen LogP contribution in [0.4, 0.5) is 0 Å². The molecular formula is C11H8BrN3O2. The van der Waals surface area contributed by atoms with Gasteiger partial charge < -0.3 is 4.42 Å².